The number of anilines is 1. The number of halogens is 2. The minimum Gasteiger partial charge on any atom is -0.367 e. The molecular weight excluding hydrogens is 255 g/mol. The quantitative estimate of drug-likeness (QED) is 0.763. The third-order valence-corrected chi connectivity index (χ3v) is 4.08. The maximum Gasteiger partial charge on any atom is 0.0642 e. The summed E-state index contributed by atoms with van der Waals surface area (Å²) in [5.41, 5.74) is 2.20. The summed E-state index contributed by atoms with van der Waals surface area (Å²) in [7, 11) is 2.17. The van der Waals surface area contributed by atoms with Gasteiger partial charge in [-0.1, -0.05) is 17.7 Å². The first-order valence-electron chi connectivity index (χ1n) is 5.91. The van der Waals surface area contributed by atoms with E-state index in [4.69, 9.17) is 23.2 Å². The Hall–Kier alpha value is -0.440. The number of piperazine rings is 1. The fraction of sp³-hybridized carbons (Fsp3) is 0.538. The lowest BCUT2D eigenvalue weighted by atomic mass is 10.1. The van der Waals surface area contributed by atoms with Crippen LogP contribution in [-0.2, 0) is 5.88 Å². The molecule has 2 nitrogen and oxygen atoms in total. The zero-order valence-electron chi connectivity index (χ0n) is 10.3. The maximum absolute atomic E-state index is 6.31. The van der Waals surface area contributed by atoms with Crippen molar-refractivity contribution in [1.82, 2.24) is 4.90 Å². The van der Waals surface area contributed by atoms with E-state index in [1.807, 2.05) is 6.07 Å². The monoisotopic (exact) mass is 272 g/mol. The van der Waals surface area contributed by atoms with Gasteiger partial charge >= 0.3 is 0 Å². The summed E-state index contributed by atoms with van der Waals surface area (Å²) in [6.07, 6.45) is 0. The normalized spacial score (nSPS) is 21.9. The Morgan fingerprint density at radius 2 is 2.12 bits per heavy atom. The topological polar surface area (TPSA) is 6.48 Å². The molecule has 4 heteroatoms. The van der Waals surface area contributed by atoms with Gasteiger partial charge in [0.05, 0.1) is 10.7 Å². The van der Waals surface area contributed by atoms with Crippen LogP contribution in [0.1, 0.15) is 12.5 Å². The predicted octanol–water partition coefficient (Wildman–Crippen LogP) is 3.22. The van der Waals surface area contributed by atoms with Crippen molar-refractivity contribution < 1.29 is 0 Å². The van der Waals surface area contributed by atoms with Gasteiger partial charge in [-0.05, 0) is 31.7 Å². The van der Waals surface area contributed by atoms with Gasteiger partial charge in [-0.3, -0.25) is 0 Å². The minimum atomic E-state index is 0.513. The first-order valence-corrected chi connectivity index (χ1v) is 6.82. The van der Waals surface area contributed by atoms with Gasteiger partial charge in [0.15, 0.2) is 0 Å². The SMILES string of the molecule is CC1CN(c2ccc(CCl)cc2Cl)CCN1C. The molecule has 1 aliphatic heterocycles. The van der Waals surface area contributed by atoms with Crippen molar-refractivity contribution >= 4 is 28.9 Å². The lowest BCUT2D eigenvalue weighted by Gasteiger charge is -2.39. The van der Waals surface area contributed by atoms with Crippen molar-refractivity contribution in [3.8, 4) is 0 Å². The molecule has 0 N–H and O–H groups in total. The molecule has 1 atom stereocenters. The van der Waals surface area contributed by atoms with Crippen LogP contribution in [0.25, 0.3) is 0 Å². The number of alkyl halides is 1. The van der Waals surface area contributed by atoms with Crippen molar-refractivity contribution in [3.63, 3.8) is 0 Å². The molecule has 1 heterocycles. The van der Waals surface area contributed by atoms with Crippen LogP contribution in [0.5, 0.6) is 0 Å². The fourth-order valence-electron chi connectivity index (χ4n) is 2.16. The van der Waals surface area contributed by atoms with Gasteiger partial charge in [0.1, 0.15) is 0 Å². The number of hydrogen-bond acceptors (Lipinski definition) is 2. The first-order chi connectivity index (χ1) is 8.11. The van der Waals surface area contributed by atoms with Crippen LogP contribution in [0, 0.1) is 0 Å². The predicted molar refractivity (Wildman–Crippen MR) is 75.3 cm³/mol. The molecule has 1 fully saturated rings. The fourth-order valence-corrected chi connectivity index (χ4v) is 2.65. The molecule has 17 heavy (non-hydrogen) atoms. The van der Waals surface area contributed by atoms with Crippen molar-refractivity contribution in [2.75, 3.05) is 31.6 Å². The number of nitrogens with zero attached hydrogens (tertiary/aromatic N) is 2. The zero-order valence-corrected chi connectivity index (χ0v) is 11.8. The van der Waals surface area contributed by atoms with E-state index in [1.165, 1.54) is 0 Å². The second kappa shape index (κ2) is 5.47. The van der Waals surface area contributed by atoms with Crippen molar-refractivity contribution in [1.29, 1.82) is 0 Å². The van der Waals surface area contributed by atoms with Gasteiger partial charge in [-0.25, -0.2) is 0 Å². The van der Waals surface area contributed by atoms with Crippen LogP contribution < -0.4 is 4.90 Å². The molecule has 1 aliphatic rings. The second-order valence-electron chi connectivity index (χ2n) is 4.70. The number of hydrogen-bond donors (Lipinski definition) is 0. The summed E-state index contributed by atoms with van der Waals surface area (Å²) in [4.78, 5) is 4.72. The molecule has 2 rings (SSSR count). The molecule has 0 saturated carbocycles. The Kier molecular flexibility index (Phi) is 4.18. The number of rotatable bonds is 2. The third kappa shape index (κ3) is 2.87. The van der Waals surface area contributed by atoms with E-state index in [0.29, 0.717) is 11.9 Å². The summed E-state index contributed by atoms with van der Waals surface area (Å²) in [6.45, 7) is 5.37. The molecule has 1 unspecified atom stereocenters. The molecule has 0 aliphatic carbocycles. The van der Waals surface area contributed by atoms with Crippen LogP contribution in [0.3, 0.4) is 0 Å². The minimum absolute atomic E-state index is 0.513. The van der Waals surface area contributed by atoms with Gasteiger partial charge in [-0.2, -0.15) is 0 Å². The molecule has 1 aromatic carbocycles. The Morgan fingerprint density at radius 3 is 2.71 bits per heavy atom. The van der Waals surface area contributed by atoms with E-state index in [1.54, 1.807) is 0 Å². The summed E-state index contributed by atoms with van der Waals surface area (Å²) >= 11 is 12.1. The maximum atomic E-state index is 6.31. The number of benzene rings is 1. The van der Waals surface area contributed by atoms with Gasteiger partial charge < -0.3 is 9.80 Å². The second-order valence-corrected chi connectivity index (χ2v) is 5.37. The summed E-state index contributed by atoms with van der Waals surface area (Å²) in [5.74, 6) is 0.513. The van der Waals surface area contributed by atoms with E-state index in [2.05, 4.69) is 35.9 Å². The zero-order chi connectivity index (χ0) is 12.4. The van der Waals surface area contributed by atoms with E-state index in [0.717, 1.165) is 35.9 Å². The van der Waals surface area contributed by atoms with E-state index in [9.17, 15) is 0 Å². The Bertz CT molecular complexity index is 395. The van der Waals surface area contributed by atoms with Gasteiger partial charge in [0, 0.05) is 31.6 Å². The lowest BCUT2D eigenvalue weighted by molar-refractivity contribution is 0.234. The highest BCUT2D eigenvalue weighted by molar-refractivity contribution is 6.33. The standard InChI is InChI=1S/C13H18Cl2N2/c1-10-9-17(6-5-16(10)2)13-4-3-11(8-14)7-12(13)15/h3-4,7,10H,5-6,8-9H2,1-2H3. The van der Waals surface area contributed by atoms with Crippen molar-refractivity contribution in [2.45, 2.75) is 18.8 Å². The highest BCUT2D eigenvalue weighted by atomic mass is 35.5. The van der Waals surface area contributed by atoms with Gasteiger partial charge in [0.25, 0.3) is 0 Å². The summed E-state index contributed by atoms with van der Waals surface area (Å²) in [5, 5.41) is 0.805. The Labute approximate surface area is 113 Å². The van der Waals surface area contributed by atoms with Crippen LogP contribution in [0.15, 0.2) is 18.2 Å². The average molecular weight is 273 g/mol. The average Bonchev–Trinajstić information content (AvgIpc) is 2.32. The molecule has 0 amide bonds. The highest BCUT2D eigenvalue weighted by Gasteiger charge is 2.22. The largest absolute Gasteiger partial charge is 0.367 e. The van der Waals surface area contributed by atoms with Crippen LogP contribution >= 0.6 is 23.2 Å². The van der Waals surface area contributed by atoms with Crippen molar-refractivity contribution in [3.05, 3.63) is 28.8 Å². The molecule has 0 radical (unpaired) electrons. The van der Waals surface area contributed by atoms with E-state index >= 15 is 0 Å². The van der Waals surface area contributed by atoms with Gasteiger partial charge in [0.2, 0.25) is 0 Å². The Balaban J connectivity index is 2.17. The first kappa shape index (κ1) is 13.0. The molecule has 94 valence electrons. The molecule has 0 spiro atoms. The van der Waals surface area contributed by atoms with Gasteiger partial charge in [-0.15, -0.1) is 11.6 Å². The van der Waals surface area contributed by atoms with E-state index in [-0.39, 0.29) is 0 Å². The number of likely N-dealkylation sites (N-methyl/N-ethyl adjacent to an activating group) is 1. The molecule has 1 saturated heterocycles. The van der Waals surface area contributed by atoms with E-state index < -0.39 is 0 Å². The molecular formula is C13H18Cl2N2. The summed E-state index contributed by atoms with van der Waals surface area (Å²) in [6, 6.07) is 6.66. The third-order valence-electron chi connectivity index (χ3n) is 3.47. The molecule has 0 bridgehead atoms. The highest BCUT2D eigenvalue weighted by Crippen LogP contribution is 2.29. The van der Waals surface area contributed by atoms with Crippen LogP contribution in [0.4, 0.5) is 5.69 Å². The van der Waals surface area contributed by atoms with Crippen molar-refractivity contribution in [2.24, 2.45) is 0 Å². The van der Waals surface area contributed by atoms with Crippen LogP contribution in [0.2, 0.25) is 5.02 Å². The lowest BCUT2D eigenvalue weighted by Crippen LogP contribution is -2.50. The van der Waals surface area contributed by atoms with Crippen LogP contribution in [-0.4, -0.2) is 37.6 Å². The Morgan fingerprint density at radius 1 is 1.35 bits per heavy atom. The summed E-state index contributed by atoms with van der Waals surface area (Å²) < 4.78 is 0. The molecule has 1 aromatic rings. The smallest absolute Gasteiger partial charge is 0.0642 e. The molecule has 0 aromatic heterocycles.